The Hall–Kier alpha value is -0.590. The quantitative estimate of drug-likeness (QED) is 0.315. The largest absolute Gasteiger partial charge is 0.470 e. The minimum absolute atomic E-state index is 0.222. The molecular weight excluding hydrogens is 191 g/mol. The van der Waals surface area contributed by atoms with E-state index in [0.717, 1.165) is 6.42 Å². The summed E-state index contributed by atoms with van der Waals surface area (Å²) in [6, 6.07) is 0. The van der Waals surface area contributed by atoms with Gasteiger partial charge in [0.25, 0.3) is 0 Å². The van der Waals surface area contributed by atoms with Crippen LogP contribution < -0.4 is 0 Å². The van der Waals surface area contributed by atoms with E-state index in [1.54, 1.807) is 0 Å². The summed E-state index contributed by atoms with van der Waals surface area (Å²) in [7, 11) is -4.34. The van der Waals surface area contributed by atoms with Crippen molar-refractivity contribution in [2.45, 2.75) is 19.8 Å². The molecule has 0 aliphatic heterocycles. The molecule has 0 unspecified atom stereocenters. The number of unbranched alkanes of at least 4 members (excludes halogenated alkanes) is 1. The molecule has 0 bridgehead atoms. The third-order valence-corrected chi connectivity index (χ3v) is 1.57. The van der Waals surface area contributed by atoms with Gasteiger partial charge in [-0.25, -0.2) is 4.57 Å². The van der Waals surface area contributed by atoms with Crippen molar-refractivity contribution in [3.8, 4) is 11.8 Å². The van der Waals surface area contributed by atoms with E-state index in [9.17, 15) is 4.57 Å². The standard InChI is InChI=1S/C8H13O4P/c1-2-3-4-5-6-7-8-12-13(9,10)11/h2-3H,4-5,8H2,1H3,(H2,9,10,11). The zero-order valence-electron chi connectivity index (χ0n) is 7.43. The first-order valence-corrected chi connectivity index (χ1v) is 5.36. The van der Waals surface area contributed by atoms with Crippen LogP contribution in [0.1, 0.15) is 19.8 Å². The number of allylic oxidation sites excluding steroid dienone is 2. The van der Waals surface area contributed by atoms with Crippen molar-refractivity contribution in [2.75, 3.05) is 6.61 Å². The van der Waals surface area contributed by atoms with Gasteiger partial charge in [-0.2, -0.15) is 0 Å². The number of phosphoric ester groups is 1. The topological polar surface area (TPSA) is 66.8 Å². The number of rotatable bonds is 4. The summed E-state index contributed by atoms with van der Waals surface area (Å²) >= 11 is 0. The average Bonchev–Trinajstić information content (AvgIpc) is 2.01. The summed E-state index contributed by atoms with van der Waals surface area (Å²) in [5.74, 6) is 5.23. The Bertz CT molecular complexity index is 255. The van der Waals surface area contributed by atoms with Crippen molar-refractivity contribution in [1.82, 2.24) is 0 Å². The van der Waals surface area contributed by atoms with Gasteiger partial charge in [0.15, 0.2) is 0 Å². The van der Waals surface area contributed by atoms with Gasteiger partial charge in [-0.05, 0) is 13.3 Å². The highest BCUT2D eigenvalue weighted by Gasteiger charge is 2.11. The predicted octanol–water partition coefficient (Wildman–Crippen LogP) is 1.46. The van der Waals surface area contributed by atoms with E-state index in [2.05, 4.69) is 16.4 Å². The van der Waals surface area contributed by atoms with Crippen LogP contribution in [0.2, 0.25) is 0 Å². The Morgan fingerprint density at radius 1 is 1.46 bits per heavy atom. The van der Waals surface area contributed by atoms with Crippen molar-refractivity contribution < 1.29 is 18.9 Å². The third-order valence-electron chi connectivity index (χ3n) is 1.10. The molecule has 2 N–H and O–H groups in total. The summed E-state index contributed by atoms with van der Waals surface area (Å²) < 4.78 is 14.3. The first kappa shape index (κ1) is 12.4. The van der Waals surface area contributed by atoms with Crippen molar-refractivity contribution in [1.29, 1.82) is 0 Å². The van der Waals surface area contributed by atoms with Crippen molar-refractivity contribution in [3.63, 3.8) is 0 Å². The van der Waals surface area contributed by atoms with Crippen LogP contribution in [0.5, 0.6) is 0 Å². The van der Waals surface area contributed by atoms with E-state index in [4.69, 9.17) is 9.79 Å². The van der Waals surface area contributed by atoms with E-state index < -0.39 is 7.82 Å². The summed E-state index contributed by atoms with van der Waals surface area (Å²) in [4.78, 5) is 16.5. The smallest absolute Gasteiger partial charge is 0.303 e. The second kappa shape index (κ2) is 6.88. The van der Waals surface area contributed by atoms with E-state index in [1.165, 1.54) is 0 Å². The van der Waals surface area contributed by atoms with Gasteiger partial charge in [-0.3, -0.25) is 4.52 Å². The molecule has 0 aromatic carbocycles. The molecule has 0 aliphatic carbocycles. The summed E-state index contributed by atoms with van der Waals surface area (Å²) in [6.07, 6.45) is 5.42. The molecule has 0 spiro atoms. The molecule has 0 saturated heterocycles. The fourth-order valence-corrected chi connectivity index (χ4v) is 0.811. The van der Waals surface area contributed by atoms with Crippen LogP contribution in [0.4, 0.5) is 0 Å². The second-order valence-electron chi connectivity index (χ2n) is 2.23. The monoisotopic (exact) mass is 204 g/mol. The molecular formula is C8H13O4P. The summed E-state index contributed by atoms with van der Waals surface area (Å²) in [6.45, 7) is 1.70. The zero-order chi connectivity index (χ0) is 10.2. The average molecular weight is 204 g/mol. The fraction of sp³-hybridized carbons (Fsp3) is 0.500. The lowest BCUT2D eigenvalue weighted by Gasteiger charge is -1.98. The van der Waals surface area contributed by atoms with Gasteiger partial charge in [0.1, 0.15) is 6.61 Å². The molecule has 74 valence electrons. The molecule has 0 fully saturated rings. The van der Waals surface area contributed by atoms with Crippen molar-refractivity contribution in [2.24, 2.45) is 0 Å². The van der Waals surface area contributed by atoms with Gasteiger partial charge in [0.05, 0.1) is 0 Å². The number of hydrogen-bond donors (Lipinski definition) is 2. The fourth-order valence-electron chi connectivity index (χ4n) is 0.578. The maximum absolute atomic E-state index is 10.2. The number of phosphoric acid groups is 1. The molecule has 4 nitrogen and oxygen atoms in total. The Morgan fingerprint density at radius 2 is 2.15 bits per heavy atom. The third kappa shape index (κ3) is 11.4. The predicted molar refractivity (Wildman–Crippen MR) is 49.8 cm³/mol. The van der Waals surface area contributed by atoms with Crippen LogP contribution in [-0.4, -0.2) is 16.4 Å². The van der Waals surface area contributed by atoms with Gasteiger partial charge in [-0.15, -0.1) is 5.92 Å². The number of hydrogen-bond acceptors (Lipinski definition) is 2. The Morgan fingerprint density at radius 3 is 2.69 bits per heavy atom. The molecule has 0 saturated carbocycles. The molecule has 0 radical (unpaired) electrons. The van der Waals surface area contributed by atoms with Gasteiger partial charge >= 0.3 is 7.82 Å². The highest BCUT2D eigenvalue weighted by Crippen LogP contribution is 2.34. The molecule has 0 atom stereocenters. The maximum Gasteiger partial charge on any atom is 0.470 e. The molecule has 5 heteroatoms. The lowest BCUT2D eigenvalue weighted by Crippen LogP contribution is -1.87. The molecule has 0 rings (SSSR count). The van der Waals surface area contributed by atoms with E-state index in [0.29, 0.717) is 6.42 Å². The summed E-state index contributed by atoms with van der Waals surface area (Å²) in [5, 5.41) is 0. The second-order valence-corrected chi connectivity index (χ2v) is 3.46. The highest BCUT2D eigenvalue weighted by atomic mass is 31.2. The summed E-state index contributed by atoms with van der Waals surface area (Å²) in [5.41, 5.74) is 0. The maximum atomic E-state index is 10.2. The van der Waals surface area contributed by atoms with Crippen LogP contribution in [0.3, 0.4) is 0 Å². The van der Waals surface area contributed by atoms with Gasteiger partial charge < -0.3 is 9.79 Å². The lowest BCUT2D eigenvalue weighted by atomic mass is 10.3. The van der Waals surface area contributed by atoms with E-state index in [1.807, 2.05) is 19.1 Å². The van der Waals surface area contributed by atoms with Gasteiger partial charge in [0, 0.05) is 6.42 Å². The Labute approximate surface area is 77.9 Å². The molecule has 0 heterocycles. The molecule has 0 amide bonds. The first-order valence-electron chi connectivity index (χ1n) is 3.83. The van der Waals surface area contributed by atoms with Crippen molar-refractivity contribution in [3.05, 3.63) is 12.2 Å². The van der Waals surface area contributed by atoms with Crippen LogP contribution in [0.15, 0.2) is 12.2 Å². The zero-order valence-corrected chi connectivity index (χ0v) is 8.33. The van der Waals surface area contributed by atoms with Gasteiger partial charge in [-0.1, -0.05) is 18.1 Å². The minimum Gasteiger partial charge on any atom is -0.303 e. The van der Waals surface area contributed by atoms with E-state index in [-0.39, 0.29) is 6.61 Å². The first-order chi connectivity index (χ1) is 6.06. The van der Waals surface area contributed by atoms with Crippen LogP contribution >= 0.6 is 7.82 Å². The van der Waals surface area contributed by atoms with Crippen LogP contribution in [0.25, 0.3) is 0 Å². The molecule has 0 aromatic heterocycles. The molecule has 13 heavy (non-hydrogen) atoms. The minimum atomic E-state index is -4.34. The molecule has 0 aromatic rings. The van der Waals surface area contributed by atoms with Crippen LogP contribution in [0, 0.1) is 11.8 Å². The van der Waals surface area contributed by atoms with Crippen molar-refractivity contribution >= 4 is 7.82 Å². The van der Waals surface area contributed by atoms with Gasteiger partial charge in [0.2, 0.25) is 0 Å². The normalized spacial score (nSPS) is 11.3. The SMILES string of the molecule is CC=CCCC#CCOP(=O)(O)O. The Kier molecular flexibility index (Phi) is 6.56. The van der Waals surface area contributed by atoms with Crippen LogP contribution in [-0.2, 0) is 9.09 Å². The highest BCUT2D eigenvalue weighted by molar-refractivity contribution is 7.46. The lowest BCUT2D eigenvalue weighted by molar-refractivity contribution is 0.218. The molecule has 0 aliphatic rings. The van der Waals surface area contributed by atoms with E-state index >= 15 is 0 Å². The Balaban J connectivity index is 3.46.